The molecule has 0 spiro atoms. The number of rotatable bonds is 3. The Bertz CT molecular complexity index is 208. The van der Waals surface area contributed by atoms with Crippen molar-refractivity contribution in [2.45, 2.75) is 58.5 Å². The maximum atomic E-state index is 10.9. The molecule has 3 heteroatoms. The van der Waals surface area contributed by atoms with Gasteiger partial charge in [0, 0.05) is 6.04 Å². The highest BCUT2D eigenvalue weighted by Crippen LogP contribution is 2.25. The Morgan fingerprint density at radius 2 is 2.07 bits per heavy atom. The summed E-state index contributed by atoms with van der Waals surface area (Å²) in [5, 5.41) is 3.29. The van der Waals surface area contributed by atoms with Gasteiger partial charge in [0.05, 0.1) is 6.04 Å². The van der Waals surface area contributed by atoms with E-state index in [0.717, 1.165) is 19.3 Å². The third kappa shape index (κ3) is 3.66. The van der Waals surface area contributed by atoms with Crippen LogP contribution in [0.2, 0.25) is 0 Å². The number of carbonyl (C=O) groups is 1. The van der Waals surface area contributed by atoms with Crippen molar-refractivity contribution in [2.75, 3.05) is 0 Å². The quantitative estimate of drug-likeness (QED) is 0.720. The zero-order chi connectivity index (χ0) is 10.8. The van der Waals surface area contributed by atoms with Gasteiger partial charge in [0.2, 0.25) is 5.91 Å². The highest BCUT2D eigenvalue weighted by Gasteiger charge is 2.27. The molecule has 0 saturated carbocycles. The SMILES string of the molecule is CC(C)(C)CCC1CCC(C(N)=O)N1. The lowest BCUT2D eigenvalue weighted by Gasteiger charge is -2.21. The molecule has 3 nitrogen and oxygen atoms in total. The van der Waals surface area contributed by atoms with Crippen molar-refractivity contribution in [1.29, 1.82) is 0 Å². The summed E-state index contributed by atoms with van der Waals surface area (Å²) >= 11 is 0. The molecule has 0 aromatic rings. The first-order valence-electron chi connectivity index (χ1n) is 5.44. The van der Waals surface area contributed by atoms with Crippen LogP contribution < -0.4 is 11.1 Å². The fraction of sp³-hybridized carbons (Fsp3) is 0.909. The molecule has 1 amide bonds. The van der Waals surface area contributed by atoms with Gasteiger partial charge in [0.15, 0.2) is 0 Å². The molecule has 0 aromatic heterocycles. The summed E-state index contributed by atoms with van der Waals surface area (Å²) in [7, 11) is 0. The zero-order valence-corrected chi connectivity index (χ0v) is 9.47. The average molecular weight is 198 g/mol. The van der Waals surface area contributed by atoms with Crippen LogP contribution in [-0.4, -0.2) is 18.0 Å². The summed E-state index contributed by atoms with van der Waals surface area (Å²) in [6.07, 6.45) is 4.33. The minimum atomic E-state index is -0.205. The largest absolute Gasteiger partial charge is 0.368 e. The molecule has 2 unspecified atom stereocenters. The molecule has 1 heterocycles. The molecule has 0 bridgehead atoms. The Kier molecular flexibility index (Phi) is 3.53. The van der Waals surface area contributed by atoms with E-state index in [-0.39, 0.29) is 11.9 Å². The third-order valence-corrected chi connectivity index (χ3v) is 2.83. The number of carbonyl (C=O) groups excluding carboxylic acids is 1. The molecule has 0 aromatic carbocycles. The summed E-state index contributed by atoms with van der Waals surface area (Å²) in [5.41, 5.74) is 5.62. The standard InChI is InChI=1S/C11H22N2O/c1-11(2,3)7-6-8-4-5-9(13-8)10(12)14/h8-9,13H,4-7H2,1-3H3,(H2,12,14). The zero-order valence-electron chi connectivity index (χ0n) is 9.47. The molecule has 1 fully saturated rings. The van der Waals surface area contributed by atoms with E-state index < -0.39 is 0 Å². The summed E-state index contributed by atoms with van der Waals surface area (Å²) in [4.78, 5) is 10.9. The summed E-state index contributed by atoms with van der Waals surface area (Å²) in [6.45, 7) is 6.73. The van der Waals surface area contributed by atoms with Crippen LogP contribution >= 0.6 is 0 Å². The lowest BCUT2D eigenvalue weighted by atomic mass is 9.88. The molecular formula is C11H22N2O. The second-order valence-electron chi connectivity index (χ2n) is 5.50. The smallest absolute Gasteiger partial charge is 0.234 e. The van der Waals surface area contributed by atoms with Crippen LogP contribution in [0.4, 0.5) is 0 Å². The lowest BCUT2D eigenvalue weighted by Crippen LogP contribution is -2.39. The van der Waals surface area contributed by atoms with Crippen LogP contribution in [0.25, 0.3) is 0 Å². The van der Waals surface area contributed by atoms with Gasteiger partial charge >= 0.3 is 0 Å². The molecule has 3 N–H and O–H groups in total. The number of primary amides is 1. The Balaban J connectivity index is 2.26. The molecule has 0 aliphatic carbocycles. The molecule has 82 valence electrons. The maximum Gasteiger partial charge on any atom is 0.234 e. The molecule has 1 aliphatic rings. The van der Waals surface area contributed by atoms with Crippen LogP contribution in [0.15, 0.2) is 0 Å². The van der Waals surface area contributed by atoms with Crippen LogP contribution in [0.3, 0.4) is 0 Å². The van der Waals surface area contributed by atoms with Gasteiger partial charge in [-0.05, 0) is 31.1 Å². The topological polar surface area (TPSA) is 55.1 Å². The summed E-state index contributed by atoms with van der Waals surface area (Å²) in [5.74, 6) is -0.205. The van der Waals surface area contributed by atoms with E-state index in [9.17, 15) is 4.79 Å². The van der Waals surface area contributed by atoms with E-state index in [1.807, 2.05) is 0 Å². The van der Waals surface area contributed by atoms with Crippen molar-refractivity contribution >= 4 is 5.91 Å². The van der Waals surface area contributed by atoms with E-state index in [1.165, 1.54) is 6.42 Å². The van der Waals surface area contributed by atoms with Crippen LogP contribution in [0.1, 0.15) is 46.5 Å². The molecule has 1 aliphatic heterocycles. The van der Waals surface area contributed by atoms with Gasteiger partial charge in [-0.15, -0.1) is 0 Å². The van der Waals surface area contributed by atoms with Gasteiger partial charge in [0.1, 0.15) is 0 Å². The fourth-order valence-electron chi connectivity index (χ4n) is 1.88. The van der Waals surface area contributed by atoms with Crippen molar-refractivity contribution in [3.63, 3.8) is 0 Å². The van der Waals surface area contributed by atoms with E-state index in [0.29, 0.717) is 11.5 Å². The maximum absolute atomic E-state index is 10.9. The third-order valence-electron chi connectivity index (χ3n) is 2.83. The number of hydrogen-bond donors (Lipinski definition) is 2. The van der Waals surface area contributed by atoms with Gasteiger partial charge in [-0.1, -0.05) is 20.8 Å². The Labute approximate surface area is 86.4 Å². The van der Waals surface area contributed by atoms with Gasteiger partial charge in [-0.25, -0.2) is 0 Å². The minimum Gasteiger partial charge on any atom is -0.368 e. The first-order chi connectivity index (χ1) is 6.38. The second kappa shape index (κ2) is 4.30. The highest BCUT2D eigenvalue weighted by atomic mass is 16.1. The van der Waals surface area contributed by atoms with Crippen molar-refractivity contribution in [2.24, 2.45) is 11.1 Å². The predicted octanol–water partition coefficient (Wildman–Crippen LogP) is 1.42. The number of amides is 1. The molecule has 14 heavy (non-hydrogen) atoms. The van der Waals surface area contributed by atoms with Crippen molar-refractivity contribution in [3.8, 4) is 0 Å². The highest BCUT2D eigenvalue weighted by molar-refractivity contribution is 5.80. The monoisotopic (exact) mass is 198 g/mol. The van der Waals surface area contributed by atoms with Gasteiger partial charge in [0.25, 0.3) is 0 Å². The average Bonchev–Trinajstić information content (AvgIpc) is 2.47. The molecule has 1 saturated heterocycles. The first-order valence-corrected chi connectivity index (χ1v) is 5.44. The van der Waals surface area contributed by atoms with Crippen molar-refractivity contribution < 1.29 is 4.79 Å². The Hall–Kier alpha value is -0.570. The Morgan fingerprint density at radius 3 is 2.50 bits per heavy atom. The molecular weight excluding hydrogens is 176 g/mol. The van der Waals surface area contributed by atoms with Crippen LogP contribution in [0.5, 0.6) is 0 Å². The lowest BCUT2D eigenvalue weighted by molar-refractivity contribution is -0.119. The Morgan fingerprint density at radius 1 is 1.43 bits per heavy atom. The predicted molar refractivity (Wildman–Crippen MR) is 57.8 cm³/mol. The van der Waals surface area contributed by atoms with Crippen molar-refractivity contribution in [3.05, 3.63) is 0 Å². The molecule has 1 rings (SSSR count). The van der Waals surface area contributed by atoms with Gasteiger partial charge in [-0.3, -0.25) is 4.79 Å². The van der Waals surface area contributed by atoms with Crippen LogP contribution in [0, 0.1) is 5.41 Å². The number of nitrogens with one attached hydrogen (secondary N) is 1. The number of nitrogens with two attached hydrogens (primary N) is 1. The molecule has 2 atom stereocenters. The van der Waals surface area contributed by atoms with Gasteiger partial charge < -0.3 is 11.1 Å². The van der Waals surface area contributed by atoms with Crippen LogP contribution in [-0.2, 0) is 4.79 Å². The fourth-order valence-corrected chi connectivity index (χ4v) is 1.88. The van der Waals surface area contributed by atoms with E-state index in [1.54, 1.807) is 0 Å². The normalized spacial score (nSPS) is 27.9. The molecule has 0 radical (unpaired) electrons. The van der Waals surface area contributed by atoms with E-state index >= 15 is 0 Å². The second-order valence-corrected chi connectivity index (χ2v) is 5.50. The number of hydrogen-bond acceptors (Lipinski definition) is 2. The van der Waals surface area contributed by atoms with E-state index in [2.05, 4.69) is 26.1 Å². The van der Waals surface area contributed by atoms with E-state index in [4.69, 9.17) is 5.73 Å². The minimum absolute atomic E-state index is 0.0834. The first kappa shape index (κ1) is 11.5. The summed E-state index contributed by atoms with van der Waals surface area (Å²) < 4.78 is 0. The van der Waals surface area contributed by atoms with Gasteiger partial charge in [-0.2, -0.15) is 0 Å². The van der Waals surface area contributed by atoms with Crippen molar-refractivity contribution in [1.82, 2.24) is 5.32 Å². The summed E-state index contributed by atoms with van der Waals surface area (Å²) in [6, 6.07) is 0.409.